The number of carbonyl (C=O) groups excluding carboxylic acids is 1. The SMILES string of the molecule is CCn1nccc1C(=O)NC(c1cn2nc(C)c(C(C)(C)C3CCOCC3)nc2n1)C1CCC(F)(F)CC1. The number of fused-ring (bicyclic) bond motifs is 1. The third-order valence-corrected chi connectivity index (χ3v) is 8.44. The minimum atomic E-state index is -2.67. The molecule has 5 rings (SSSR count). The molecule has 1 unspecified atom stereocenters. The maximum absolute atomic E-state index is 14.0. The van der Waals surface area contributed by atoms with Crippen molar-refractivity contribution in [2.75, 3.05) is 13.2 Å². The summed E-state index contributed by atoms with van der Waals surface area (Å²) < 4.78 is 36.8. The van der Waals surface area contributed by atoms with E-state index in [1.807, 2.05) is 13.8 Å². The number of ether oxygens (including phenoxy) is 1. The number of hydrogen-bond donors (Lipinski definition) is 1. The van der Waals surface area contributed by atoms with Crippen molar-refractivity contribution in [1.82, 2.24) is 34.7 Å². The third kappa shape index (κ3) is 5.17. The van der Waals surface area contributed by atoms with Gasteiger partial charge in [-0.15, -0.1) is 0 Å². The van der Waals surface area contributed by atoms with Crippen LogP contribution in [-0.4, -0.2) is 54.4 Å². The lowest BCUT2D eigenvalue weighted by Crippen LogP contribution is -2.38. The van der Waals surface area contributed by atoms with Gasteiger partial charge in [0.25, 0.3) is 11.7 Å². The molecule has 11 heteroatoms. The van der Waals surface area contributed by atoms with Crippen LogP contribution in [-0.2, 0) is 16.7 Å². The Kier molecular flexibility index (Phi) is 7.23. The van der Waals surface area contributed by atoms with Crippen molar-refractivity contribution in [3.05, 3.63) is 41.2 Å². The van der Waals surface area contributed by atoms with Crippen LogP contribution in [0.2, 0.25) is 0 Å². The summed E-state index contributed by atoms with van der Waals surface area (Å²) in [7, 11) is 0. The Morgan fingerprint density at radius 2 is 1.92 bits per heavy atom. The van der Waals surface area contributed by atoms with Crippen LogP contribution in [0.1, 0.15) is 92.9 Å². The third-order valence-electron chi connectivity index (χ3n) is 8.44. The van der Waals surface area contributed by atoms with E-state index in [2.05, 4.69) is 24.3 Å². The van der Waals surface area contributed by atoms with Crippen LogP contribution in [0, 0.1) is 18.8 Å². The highest BCUT2D eigenvalue weighted by molar-refractivity contribution is 5.92. The monoisotopic (exact) mass is 529 g/mol. The van der Waals surface area contributed by atoms with Gasteiger partial charge in [-0.25, -0.2) is 23.3 Å². The van der Waals surface area contributed by atoms with Gasteiger partial charge in [-0.2, -0.15) is 10.2 Å². The highest BCUT2D eigenvalue weighted by Crippen LogP contribution is 2.42. The molecular weight excluding hydrogens is 492 g/mol. The molecule has 2 fully saturated rings. The molecule has 38 heavy (non-hydrogen) atoms. The molecule has 2 aliphatic rings. The van der Waals surface area contributed by atoms with Gasteiger partial charge in [0.1, 0.15) is 5.69 Å². The van der Waals surface area contributed by atoms with Gasteiger partial charge in [-0.3, -0.25) is 9.48 Å². The van der Waals surface area contributed by atoms with E-state index in [4.69, 9.17) is 19.8 Å². The first-order valence-electron chi connectivity index (χ1n) is 13.6. The van der Waals surface area contributed by atoms with Crippen LogP contribution in [0.15, 0.2) is 18.5 Å². The van der Waals surface area contributed by atoms with E-state index in [0.717, 1.165) is 37.4 Å². The molecule has 3 aromatic heterocycles. The molecule has 4 heterocycles. The van der Waals surface area contributed by atoms with Crippen LogP contribution in [0.25, 0.3) is 5.78 Å². The quantitative estimate of drug-likeness (QED) is 0.478. The normalized spacial score (nSPS) is 20.1. The van der Waals surface area contributed by atoms with E-state index in [9.17, 15) is 13.6 Å². The van der Waals surface area contributed by atoms with E-state index in [1.165, 1.54) is 0 Å². The predicted octanol–water partition coefficient (Wildman–Crippen LogP) is 4.65. The van der Waals surface area contributed by atoms with Gasteiger partial charge in [0, 0.05) is 44.2 Å². The molecule has 1 aliphatic heterocycles. The number of nitrogens with zero attached hydrogens (tertiary/aromatic N) is 6. The molecular formula is C27H37F2N7O2. The van der Waals surface area contributed by atoms with Crippen LogP contribution in [0.4, 0.5) is 8.78 Å². The van der Waals surface area contributed by atoms with E-state index < -0.39 is 12.0 Å². The second-order valence-electron chi connectivity index (χ2n) is 11.2. The molecule has 3 aromatic rings. The van der Waals surface area contributed by atoms with Gasteiger partial charge in [0.05, 0.1) is 29.3 Å². The minimum absolute atomic E-state index is 0.180. The van der Waals surface area contributed by atoms with Gasteiger partial charge in [0.2, 0.25) is 5.92 Å². The molecule has 206 valence electrons. The molecule has 0 aromatic carbocycles. The number of carbonyl (C=O) groups is 1. The molecule has 1 aliphatic carbocycles. The molecule has 1 N–H and O–H groups in total. The minimum Gasteiger partial charge on any atom is -0.381 e. The van der Waals surface area contributed by atoms with Crippen LogP contribution in [0.3, 0.4) is 0 Å². The Balaban J connectivity index is 1.49. The molecule has 1 atom stereocenters. The number of nitrogens with one attached hydrogen (secondary N) is 1. The number of aromatic nitrogens is 6. The topological polar surface area (TPSA) is 99.2 Å². The Hall–Kier alpha value is -2.95. The number of hydrogen-bond acceptors (Lipinski definition) is 6. The van der Waals surface area contributed by atoms with E-state index >= 15 is 0 Å². The zero-order valence-corrected chi connectivity index (χ0v) is 22.6. The first-order valence-corrected chi connectivity index (χ1v) is 13.6. The van der Waals surface area contributed by atoms with Crippen LogP contribution >= 0.6 is 0 Å². The molecule has 0 radical (unpaired) electrons. The maximum atomic E-state index is 14.0. The lowest BCUT2D eigenvalue weighted by molar-refractivity contribution is -0.0495. The Bertz CT molecular complexity index is 1290. The van der Waals surface area contributed by atoms with Gasteiger partial charge in [-0.1, -0.05) is 13.8 Å². The lowest BCUT2D eigenvalue weighted by Gasteiger charge is -2.36. The fraction of sp³-hybridized carbons (Fsp3) is 0.667. The van der Waals surface area contributed by atoms with Crippen molar-refractivity contribution in [3.8, 4) is 0 Å². The standard InChI is InChI=1S/C27H37F2N7O2/c1-5-35-21(8-13-30-35)24(37)32-22(18-6-11-27(28,29)12-7-18)20-16-36-25(31-20)33-23(17(2)34-36)26(3,4)19-9-14-38-15-10-19/h8,13,16,18-19,22H,5-7,9-12,14-15H2,1-4H3,(H,32,37). The number of imidazole rings is 1. The van der Waals surface area contributed by atoms with Gasteiger partial charge in [-0.05, 0) is 57.4 Å². The van der Waals surface area contributed by atoms with E-state index in [-0.39, 0.29) is 30.1 Å². The fourth-order valence-corrected chi connectivity index (χ4v) is 6.11. The van der Waals surface area contributed by atoms with Gasteiger partial charge >= 0.3 is 0 Å². The summed E-state index contributed by atoms with van der Waals surface area (Å²) in [6.45, 7) is 10.3. The first kappa shape index (κ1) is 26.6. The zero-order chi connectivity index (χ0) is 27.1. The van der Waals surface area contributed by atoms with Gasteiger partial charge in [0.15, 0.2) is 0 Å². The Morgan fingerprint density at radius 1 is 1.21 bits per heavy atom. The summed E-state index contributed by atoms with van der Waals surface area (Å²) in [5.74, 6) is -2.29. The number of aryl methyl sites for hydroxylation is 2. The molecule has 9 nitrogen and oxygen atoms in total. The van der Waals surface area contributed by atoms with Crippen molar-refractivity contribution in [3.63, 3.8) is 0 Å². The Labute approximate surface area is 221 Å². The number of rotatable bonds is 7. The molecule has 0 spiro atoms. The second-order valence-corrected chi connectivity index (χ2v) is 11.2. The van der Waals surface area contributed by atoms with Crippen LogP contribution in [0.5, 0.6) is 0 Å². The molecule has 0 bridgehead atoms. The van der Waals surface area contributed by atoms with E-state index in [1.54, 1.807) is 27.7 Å². The zero-order valence-electron chi connectivity index (χ0n) is 22.6. The Morgan fingerprint density at radius 3 is 2.61 bits per heavy atom. The summed E-state index contributed by atoms with van der Waals surface area (Å²) >= 11 is 0. The van der Waals surface area contributed by atoms with E-state index in [0.29, 0.717) is 42.5 Å². The number of amides is 1. The highest BCUT2D eigenvalue weighted by atomic mass is 19.3. The lowest BCUT2D eigenvalue weighted by atomic mass is 9.72. The maximum Gasteiger partial charge on any atom is 0.270 e. The average molecular weight is 530 g/mol. The summed E-state index contributed by atoms with van der Waals surface area (Å²) in [5.41, 5.74) is 2.52. The molecule has 1 amide bonds. The molecule has 1 saturated heterocycles. The largest absolute Gasteiger partial charge is 0.381 e. The first-order chi connectivity index (χ1) is 18.1. The highest BCUT2D eigenvalue weighted by Gasteiger charge is 2.40. The average Bonchev–Trinajstić information content (AvgIpc) is 3.54. The van der Waals surface area contributed by atoms with Crippen molar-refractivity contribution in [1.29, 1.82) is 0 Å². The van der Waals surface area contributed by atoms with Crippen molar-refractivity contribution in [2.45, 2.75) is 90.1 Å². The van der Waals surface area contributed by atoms with Crippen molar-refractivity contribution < 1.29 is 18.3 Å². The second kappa shape index (κ2) is 10.3. The molecule has 1 saturated carbocycles. The van der Waals surface area contributed by atoms with Crippen LogP contribution < -0.4 is 5.32 Å². The summed E-state index contributed by atoms with van der Waals surface area (Å²) in [5, 5.41) is 12.1. The smallest absolute Gasteiger partial charge is 0.270 e. The predicted molar refractivity (Wildman–Crippen MR) is 137 cm³/mol. The summed E-state index contributed by atoms with van der Waals surface area (Å²) in [6.07, 6.45) is 5.46. The van der Waals surface area contributed by atoms with Gasteiger partial charge < -0.3 is 10.1 Å². The fourth-order valence-electron chi connectivity index (χ4n) is 6.11. The van der Waals surface area contributed by atoms with Crippen molar-refractivity contribution >= 4 is 11.7 Å². The number of halogens is 2. The van der Waals surface area contributed by atoms with Crippen molar-refractivity contribution in [2.24, 2.45) is 11.8 Å². The summed E-state index contributed by atoms with van der Waals surface area (Å²) in [6, 6.07) is 1.11. The number of alkyl halides is 2. The summed E-state index contributed by atoms with van der Waals surface area (Å²) in [4.78, 5) is 23.0.